The van der Waals surface area contributed by atoms with E-state index in [-0.39, 0.29) is 21.7 Å². The molecule has 0 aliphatic carbocycles. The van der Waals surface area contributed by atoms with Gasteiger partial charge in [-0.15, -0.1) is 23.5 Å². The third-order valence-electron chi connectivity index (χ3n) is 0. The zero-order valence-electron chi connectivity index (χ0n) is 7.67. The molecule has 0 atom stereocenters. The molecule has 0 bridgehead atoms. The van der Waals surface area contributed by atoms with Crippen molar-refractivity contribution in [2.24, 2.45) is 0 Å². The van der Waals surface area contributed by atoms with Crippen LogP contribution in [0.4, 0.5) is 0 Å². The Labute approximate surface area is 119 Å². The molecule has 0 aliphatic rings. The van der Waals surface area contributed by atoms with Gasteiger partial charge in [0.15, 0.2) is 0 Å². The molecule has 5 heteroatoms. The van der Waals surface area contributed by atoms with E-state index in [0.717, 1.165) is 0 Å². The van der Waals surface area contributed by atoms with E-state index in [9.17, 15) is 0 Å². The van der Waals surface area contributed by atoms with Gasteiger partial charge < -0.3 is 27.7 Å². The van der Waals surface area contributed by atoms with E-state index in [0.29, 0.717) is 23.5 Å². The molecule has 0 aromatic heterocycles. The number of alkyl halides is 4. The van der Waals surface area contributed by atoms with Crippen molar-refractivity contribution in [2.75, 3.05) is 23.5 Å². The van der Waals surface area contributed by atoms with Gasteiger partial charge in [-0.25, -0.2) is 0 Å². The molecule has 0 amide bonds. The SMILES string of the molecule is [CH2-]CCl.[CH2-]CCl.[CH2-]CCl.[CH2-]CCl.[Ti+4]. The molecule has 0 heterocycles. The monoisotopic (exact) mass is 300 g/mol. The molecule has 0 N–H and O–H groups in total. The first-order chi connectivity index (χ1) is 5.66. The molecule has 0 saturated heterocycles. The van der Waals surface area contributed by atoms with Crippen molar-refractivity contribution in [2.45, 2.75) is 0 Å². The molecule has 13 heavy (non-hydrogen) atoms. The van der Waals surface area contributed by atoms with Crippen molar-refractivity contribution < 1.29 is 21.7 Å². The molecule has 0 radical (unpaired) electrons. The smallest absolute Gasteiger partial charge is 0.329 e. The normalized spacial score (nSPS) is 5.54. The zero-order chi connectivity index (χ0) is 10.8. The summed E-state index contributed by atoms with van der Waals surface area (Å²) in [6, 6.07) is 0. The van der Waals surface area contributed by atoms with E-state index in [1.54, 1.807) is 0 Å². The average Bonchev–Trinajstić information content (AvgIpc) is 1.92. The van der Waals surface area contributed by atoms with Gasteiger partial charge in [0.2, 0.25) is 0 Å². The second-order valence-corrected chi connectivity index (χ2v) is 2.27. The third-order valence-corrected chi connectivity index (χ3v) is 0. The molecule has 0 fully saturated rings. The first kappa shape index (κ1) is 29.4. The minimum absolute atomic E-state index is 0. The molecule has 0 aromatic carbocycles. The fraction of sp³-hybridized carbons (Fsp3) is 0.500. The van der Waals surface area contributed by atoms with Gasteiger partial charge in [-0.05, 0) is 0 Å². The van der Waals surface area contributed by atoms with Gasteiger partial charge in [0, 0.05) is 0 Å². The van der Waals surface area contributed by atoms with E-state index in [4.69, 9.17) is 46.4 Å². The van der Waals surface area contributed by atoms with Crippen molar-refractivity contribution in [3.05, 3.63) is 27.7 Å². The summed E-state index contributed by atoms with van der Waals surface area (Å²) in [6.45, 7) is 13.0. The molecule has 0 aliphatic heterocycles. The number of hydrogen-bond donors (Lipinski definition) is 0. The summed E-state index contributed by atoms with van der Waals surface area (Å²) >= 11 is 19.5. The minimum Gasteiger partial charge on any atom is -0.329 e. The zero-order valence-corrected chi connectivity index (χ0v) is 12.3. The molecule has 0 aromatic rings. The van der Waals surface area contributed by atoms with Crippen LogP contribution >= 0.6 is 46.4 Å². The van der Waals surface area contributed by atoms with Gasteiger partial charge in [-0.1, -0.05) is 0 Å². The Kier molecular flexibility index (Phi) is 151. The van der Waals surface area contributed by atoms with E-state index >= 15 is 0 Å². The van der Waals surface area contributed by atoms with E-state index in [1.807, 2.05) is 0 Å². The van der Waals surface area contributed by atoms with Crippen LogP contribution in [0.5, 0.6) is 0 Å². The first-order valence-electron chi connectivity index (χ1n) is 3.07. The van der Waals surface area contributed by atoms with Crippen molar-refractivity contribution in [3.8, 4) is 0 Å². The molecule has 0 spiro atoms. The van der Waals surface area contributed by atoms with Crippen LogP contribution in [0, 0.1) is 27.7 Å². The predicted molar refractivity (Wildman–Crippen MR) is 64.3 cm³/mol. The second-order valence-electron chi connectivity index (χ2n) is 0.756. The van der Waals surface area contributed by atoms with Crippen LogP contribution < -0.4 is 0 Å². The van der Waals surface area contributed by atoms with Gasteiger partial charge in [-0.3, -0.25) is 0 Å². The summed E-state index contributed by atoms with van der Waals surface area (Å²) in [5.41, 5.74) is 0. The summed E-state index contributed by atoms with van der Waals surface area (Å²) in [4.78, 5) is 0. The van der Waals surface area contributed by atoms with E-state index in [1.165, 1.54) is 0 Å². The van der Waals surface area contributed by atoms with Crippen LogP contribution in [-0.2, 0) is 21.7 Å². The molecule has 0 rings (SSSR count). The third kappa shape index (κ3) is 557. The average molecular weight is 302 g/mol. The fourth-order valence-corrected chi connectivity index (χ4v) is 0. The maximum Gasteiger partial charge on any atom is 4.00 e. The van der Waals surface area contributed by atoms with E-state index < -0.39 is 0 Å². The van der Waals surface area contributed by atoms with Crippen molar-refractivity contribution in [1.29, 1.82) is 0 Å². The summed E-state index contributed by atoms with van der Waals surface area (Å²) in [5.74, 6) is 1.89. The molecule has 80 valence electrons. The van der Waals surface area contributed by atoms with Crippen LogP contribution in [0.25, 0.3) is 0 Å². The summed E-state index contributed by atoms with van der Waals surface area (Å²) in [5, 5.41) is 0. The van der Waals surface area contributed by atoms with E-state index in [2.05, 4.69) is 27.7 Å². The van der Waals surface area contributed by atoms with Crippen LogP contribution in [-0.4, -0.2) is 23.5 Å². The van der Waals surface area contributed by atoms with Crippen LogP contribution in [0.15, 0.2) is 0 Å². The van der Waals surface area contributed by atoms with Crippen LogP contribution in [0.2, 0.25) is 0 Å². The van der Waals surface area contributed by atoms with Gasteiger partial charge in [0.1, 0.15) is 0 Å². The number of hydrogen-bond acceptors (Lipinski definition) is 0. The Morgan fingerprint density at radius 3 is 0.538 bits per heavy atom. The molecule has 0 saturated carbocycles. The van der Waals surface area contributed by atoms with Crippen LogP contribution in [0.3, 0.4) is 0 Å². The van der Waals surface area contributed by atoms with Gasteiger partial charge in [-0.2, -0.15) is 46.4 Å². The Morgan fingerprint density at radius 1 is 0.538 bits per heavy atom. The Balaban J connectivity index is -0.0000000213. The maximum atomic E-state index is 4.89. The molecular formula is C8H16Cl4Ti. The molecular weight excluding hydrogens is 286 g/mol. The van der Waals surface area contributed by atoms with Gasteiger partial charge in [0.25, 0.3) is 0 Å². The fourth-order valence-electron chi connectivity index (χ4n) is 0. The summed E-state index contributed by atoms with van der Waals surface area (Å²) in [7, 11) is 0. The number of halogens is 4. The summed E-state index contributed by atoms with van der Waals surface area (Å²) < 4.78 is 0. The summed E-state index contributed by atoms with van der Waals surface area (Å²) in [6.07, 6.45) is 0. The quantitative estimate of drug-likeness (QED) is 0.357. The Bertz CT molecular complexity index is 24.1. The van der Waals surface area contributed by atoms with Crippen molar-refractivity contribution >= 4 is 46.4 Å². The molecule has 0 unspecified atom stereocenters. The maximum absolute atomic E-state index is 4.89. The first-order valence-corrected chi connectivity index (χ1v) is 5.21. The minimum atomic E-state index is 0. The number of rotatable bonds is 0. The predicted octanol–water partition coefficient (Wildman–Crippen LogP) is 4.23. The Morgan fingerprint density at radius 2 is 0.538 bits per heavy atom. The largest absolute Gasteiger partial charge is 4.00 e. The molecule has 0 nitrogen and oxygen atoms in total. The van der Waals surface area contributed by atoms with Crippen LogP contribution in [0.1, 0.15) is 0 Å². The topological polar surface area (TPSA) is 0 Å². The van der Waals surface area contributed by atoms with Gasteiger partial charge >= 0.3 is 21.7 Å². The van der Waals surface area contributed by atoms with Gasteiger partial charge in [0.05, 0.1) is 0 Å². The van der Waals surface area contributed by atoms with Crippen molar-refractivity contribution in [1.82, 2.24) is 0 Å². The second kappa shape index (κ2) is 66.6. The van der Waals surface area contributed by atoms with Crippen molar-refractivity contribution in [3.63, 3.8) is 0 Å². The Hall–Kier alpha value is 1.87. The standard InChI is InChI=1S/4C2H4Cl.Ti/c4*1-2-3;/h4*1-2H2;/q4*-1;+4.